The average molecular weight is 304 g/mol. The van der Waals surface area contributed by atoms with Gasteiger partial charge in [-0.25, -0.2) is 0 Å². The quantitative estimate of drug-likeness (QED) is 0.843. The highest BCUT2D eigenvalue weighted by Crippen LogP contribution is 2.37. The summed E-state index contributed by atoms with van der Waals surface area (Å²) in [5.41, 5.74) is 2.38. The number of β-amino-alcohol motifs (C(OH)–C–C–N with tert-alkyl or cyclic N) is 1. The van der Waals surface area contributed by atoms with Crippen molar-refractivity contribution >= 4 is 0 Å². The van der Waals surface area contributed by atoms with E-state index in [-0.39, 0.29) is 11.7 Å². The van der Waals surface area contributed by atoms with Gasteiger partial charge in [0.25, 0.3) is 0 Å². The topological polar surface area (TPSA) is 44.7 Å². The van der Waals surface area contributed by atoms with Crippen LogP contribution in [0, 0.1) is 0 Å². The Hall–Kier alpha value is -1.10. The largest absolute Gasteiger partial charge is 0.487 e. The molecule has 2 aliphatic heterocycles. The number of para-hydroxylation sites is 1. The fraction of sp³-hybridized carbons (Fsp3) is 0.667. The number of aliphatic hydroxyl groups excluding tert-OH is 1. The van der Waals surface area contributed by atoms with Crippen LogP contribution < -0.4 is 10.1 Å². The van der Waals surface area contributed by atoms with Gasteiger partial charge in [-0.15, -0.1) is 0 Å². The second-order valence-electron chi connectivity index (χ2n) is 7.24. The van der Waals surface area contributed by atoms with E-state index in [1.54, 1.807) is 0 Å². The highest BCUT2D eigenvalue weighted by Gasteiger charge is 2.31. The third-order valence-electron chi connectivity index (χ3n) is 4.54. The van der Waals surface area contributed by atoms with Crippen molar-refractivity contribution in [2.45, 2.75) is 51.4 Å². The van der Waals surface area contributed by atoms with Gasteiger partial charge in [0, 0.05) is 31.6 Å². The summed E-state index contributed by atoms with van der Waals surface area (Å²) >= 11 is 0. The van der Waals surface area contributed by atoms with Gasteiger partial charge in [0.15, 0.2) is 0 Å². The van der Waals surface area contributed by atoms with E-state index in [0.717, 1.165) is 38.3 Å². The number of likely N-dealkylation sites (tertiary alicyclic amines) is 1. The third-order valence-corrected chi connectivity index (χ3v) is 4.54. The first kappa shape index (κ1) is 15.8. The molecule has 3 rings (SSSR count). The predicted octanol–water partition coefficient (Wildman–Crippen LogP) is 1.95. The zero-order valence-corrected chi connectivity index (χ0v) is 13.8. The molecule has 2 aliphatic rings. The van der Waals surface area contributed by atoms with E-state index in [4.69, 9.17) is 4.74 Å². The Labute approximate surface area is 133 Å². The smallest absolute Gasteiger partial charge is 0.127 e. The average Bonchev–Trinajstić information content (AvgIpc) is 3.04. The van der Waals surface area contributed by atoms with Gasteiger partial charge in [-0.3, -0.25) is 0 Å². The first-order valence-corrected chi connectivity index (χ1v) is 8.44. The van der Waals surface area contributed by atoms with Gasteiger partial charge < -0.3 is 20.1 Å². The second-order valence-corrected chi connectivity index (χ2v) is 7.24. The van der Waals surface area contributed by atoms with Crippen LogP contribution in [-0.4, -0.2) is 47.9 Å². The Morgan fingerprint density at radius 1 is 1.32 bits per heavy atom. The minimum atomic E-state index is -0.299. The Bertz CT molecular complexity index is 510. The zero-order valence-electron chi connectivity index (χ0n) is 13.8. The molecule has 2 heterocycles. The lowest BCUT2D eigenvalue weighted by atomic mass is 10.0. The fourth-order valence-corrected chi connectivity index (χ4v) is 3.52. The molecule has 122 valence electrons. The van der Waals surface area contributed by atoms with E-state index in [2.05, 4.69) is 42.3 Å². The maximum Gasteiger partial charge on any atom is 0.127 e. The SMILES string of the molecule is CC1(C)Cc2cccc(CNCC(O)CN3CCCC3)c2O1. The number of ether oxygens (including phenoxy) is 1. The summed E-state index contributed by atoms with van der Waals surface area (Å²) in [4.78, 5) is 2.35. The van der Waals surface area contributed by atoms with Gasteiger partial charge in [0.1, 0.15) is 11.4 Å². The van der Waals surface area contributed by atoms with E-state index in [1.165, 1.54) is 24.0 Å². The lowest BCUT2D eigenvalue weighted by Gasteiger charge is -2.20. The summed E-state index contributed by atoms with van der Waals surface area (Å²) in [7, 11) is 0. The van der Waals surface area contributed by atoms with Crippen molar-refractivity contribution in [2.24, 2.45) is 0 Å². The molecule has 4 heteroatoms. The standard InChI is InChI=1S/C18H28N2O2/c1-18(2)10-14-6-5-7-15(17(14)22-18)11-19-12-16(21)13-20-8-3-4-9-20/h5-7,16,19,21H,3-4,8-13H2,1-2H3. The number of aliphatic hydroxyl groups is 1. The Morgan fingerprint density at radius 2 is 2.09 bits per heavy atom. The van der Waals surface area contributed by atoms with Crippen LogP contribution >= 0.6 is 0 Å². The van der Waals surface area contributed by atoms with E-state index in [1.807, 2.05) is 0 Å². The fourth-order valence-electron chi connectivity index (χ4n) is 3.52. The van der Waals surface area contributed by atoms with Gasteiger partial charge in [-0.05, 0) is 45.3 Å². The van der Waals surface area contributed by atoms with E-state index in [9.17, 15) is 5.11 Å². The first-order valence-electron chi connectivity index (χ1n) is 8.44. The molecule has 0 spiro atoms. The molecule has 1 aromatic carbocycles. The highest BCUT2D eigenvalue weighted by molar-refractivity contribution is 5.45. The highest BCUT2D eigenvalue weighted by atomic mass is 16.5. The number of hydrogen-bond donors (Lipinski definition) is 2. The number of benzene rings is 1. The summed E-state index contributed by atoms with van der Waals surface area (Å²) in [5, 5.41) is 13.5. The molecule has 22 heavy (non-hydrogen) atoms. The summed E-state index contributed by atoms with van der Waals surface area (Å²) in [5.74, 6) is 1.04. The maximum absolute atomic E-state index is 10.1. The molecule has 0 aromatic heterocycles. The van der Waals surface area contributed by atoms with Crippen molar-refractivity contribution in [3.63, 3.8) is 0 Å². The molecule has 1 unspecified atom stereocenters. The molecule has 0 radical (unpaired) electrons. The van der Waals surface area contributed by atoms with E-state index >= 15 is 0 Å². The van der Waals surface area contributed by atoms with Crippen molar-refractivity contribution in [1.29, 1.82) is 0 Å². The second kappa shape index (κ2) is 6.57. The monoisotopic (exact) mass is 304 g/mol. The molecule has 2 N–H and O–H groups in total. The van der Waals surface area contributed by atoms with Gasteiger partial charge in [-0.1, -0.05) is 18.2 Å². The molecule has 1 atom stereocenters. The lowest BCUT2D eigenvalue weighted by Crippen LogP contribution is -2.36. The molecule has 1 fully saturated rings. The Kier molecular flexibility index (Phi) is 4.71. The van der Waals surface area contributed by atoms with Crippen molar-refractivity contribution < 1.29 is 9.84 Å². The molecule has 0 aliphatic carbocycles. The molecule has 0 saturated carbocycles. The maximum atomic E-state index is 10.1. The molecule has 1 aromatic rings. The van der Waals surface area contributed by atoms with E-state index < -0.39 is 0 Å². The van der Waals surface area contributed by atoms with Gasteiger partial charge in [0.05, 0.1) is 6.10 Å². The van der Waals surface area contributed by atoms with Crippen LogP contribution in [0.4, 0.5) is 0 Å². The Balaban J connectivity index is 1.49. The molecular formula is C18H28N2O2. The summed E-state index contributed by atoms with van der Waals surface area (Å²) in [6.07, 6.45) is 3.20. The lowest BCUT2D eigenvalue weighted by molar-refractivity contribution is 0.122. The molecule has 0 bridgehead atoms. The van der Waals surface area contributed by atoms with Gasteiger partial charge in [-0.2, -0.15) is 0 Å². The van der Waals surface area contributed by atoms with Crippen molar-refractivity contribution in [2.75, 3.05) is 26.2 Å². The molecular weight excluding hydrogens is 276 g/mol. The number of fused-ring (bicyclic) bond motifs is 1. The van der Waals surface area contributed by atoms with Crippen LogP contribution in [-0.2, 0) is 13.0 Å². The van der Waals surface area contributed by atoms with Gasteiger partial charge >= 0.3 is 0 Å². The normalized spacial score (nSPS) is 21.6. The zero-order chi connectivity index (χ0) is 15.6. The van der Waals surface area contributed by atoms with Crippen molar-refractivity contribution in [3.8, 4) is 5.75 Å². The summed E-state index contributed by atoms with van der Waals surface area (Å²) in [6.45, 7) is 8.68. The van der Waals surface area contributed by atoms with Crippen molar-refractivity contribution in [1.82, 2.24) is 10.2 Å². The minimum absolute atomic E-state index is 0.103. The first-order chi connectivity index (χ1) is 10.5. The minimum Gasteiger partial charge on any atom is -0.487 e. The van der Waals surface area contributed by atoms with Gasteiger partial charge in [0.2, 0.25) is 0 Å². The summed E-state index contributed by atoms with van der Waals surface area (Å²) < 4.78 is 6.08. The number of nitrogens with one attached hydrogen (secondary N) is 1. The van der Waals surface area contributed by atoms with Crippen molar-refractivity contribution in [3.05, 3.63) is 29.3 Å². The Morgan fingerprint density at radius 3 is 2.86 bits per heavy atom. The third kappa shape index (κ3) is 3.80. The number of hydrogen-bond acceptors (Lipinski definition) is 4. The van der Waals surface area contributed by atoms with Crippen LogP contribution in [0.5, 0.6) is 5.75 Å². The predicted molar refractivity (Wildman–Crippen MR) is 88.2 cm³/mol. The van der Waals surface area contributed by atoms with Crippen LogP contribution in [0.25, 0.3) is 0 Å². The van der Waals surface area contributed by atoms with Crippen LogP contribution in [0.15, 0.2) is 18.2 Å². The number of nitrogens with zero attached hydrogens (tertiary/aromatic N) is 1. The number of rotatable bonds is 6. The van der Waals surface area contributed by atoms with Crippen LogP contribution in [0.2, 0.25) is 0 Å². The van der Waals surface area contributed by atoms with Crippen LogP contribution in [0.3, 0.4) is 0 Å². The summed E-state index contributed by atoms with van der Waals surface area (Å²) in [6, 6.07) is 6.36. The van der Waals surface area contributed by atoms with Crippen LogP contribution in [0.1, 0.15) is 37.8 Å². The van der Waals surface area contributed by atoms with E-state index in [0.29, 0.717) is 6.54 Å². The molecule has 4 nitrogen and oxygen atoms in total. The molecule has 0 amide bonds. The molecule has 1 saturated heterocycles.